The molecular formula is C17H20F3O3-. The minimum atomic E-state index is -4.60. The fraction of sp³-hybridized carbons (Fsp3) is 0.588. The number of carboxylic acids is 1. The van der Waals surface area contributed by atoms with Crippen molar-refractivity contribution < 1.29 is 27.8 Å². The molecule has 0 N–H and O–H groups in total. The molecule has 0 spiro atoms. The highest BCUT2D eigenvalue weighted by atomic mass is 19.4. The second-order valence-corrected chi connectivity index (χ2v) is 6.38. The summed E-state index contributed by atoms with van der Waals surface area (Å²) in [6.45, 7) is 3.84. The van der Waals surface area contributed by atoms with E-state index in [1.54, 1.807) is 0 Å². The molecule has 1 aromatic carbocycles. The van der Waals surface area contributed by atoms with Gasteiger partial charge in [0.15, 0.2) is 0 Å². The van der Waals surface area contributed by atoms with Gasteiger partial charge in [0.1, 0.15) is 11.4 Å². The van der Waals surface area contributed by atoms with Crippen LogP contribution in [0.4, 0.5) is 13.2 Å². The maximum absolute atomic E-state index is 13.2. The Labute approximate surface area is 133 Å². The average Bonchev–Trinajstić information content (AvgIpc) is 2.46. The molecule has 23 heavy (non-hydrogen) atoms. The largest absolute Gasteiger partial charge is 0.545 e. The van der Waals surface area contributed by atoms with Crippen LogP contribution in [0.15, 0.2) is 18.2 Å². The molecule has 1 aliphatic rings. The predicted molar refractivity (Wildman–Crippen MR) is 77.1 cm³/mol. The van der Waals surface area contributed by atoms with E-state index in [0.29, 0.717) is 12.8 Å². The summed E-state index contributed by atoms with van der Waals surface area (Å²) >= 11 is 0. The van der Waals surface area contributed by atoms with Crippen molar-refractivity contribution in [1.82, 2.24) is 0 Å². The third kappa shape index (κ3) is 3.79. The molecule has 0 aromatic heterocycles. The molecule has 128 valence electrons. The third-order valence-corrected chi connectivity index (χ3v) is 4.59. The van der Waals surface area contributed by atoms with Gasteiger partial charge in [-0.05, 0) is 43.7 Å². The third-order valence-electron chi connectivity index (χ3n) is 4.59. The summed E-state index contributed by atoms with van der Waals surface area (Å²) < 4.78 is 45.5. The average molecular weight is 329 g/mol. The Kier molecular flexibility index (Phi) is 4.92. The van der Waals surface area contributed by atoms with Gasteiger partial charge < -0.3 is 14.6 Å². The molecule has 1 aliphatic carbocycles. The number of alkyl halides is 3. The number of hydrogen-bond donors (Lipinski definition) is 0. The summed E-state index contributed by atoms with van der Waals surface area (Å²) in [5.74, 6) is -1.92. The van der Waals surface area contributed by atoms with Crippen LogP contribution >= 0.6 is 0 Å². The van der Waals surface area contributed by atoms with Crippen molar-refractivity contribution >= 4 is 5.97 Å². The van der Waals surface area contributed by atoms with E-state index in [0.717, 1.165) is 37.5 Å². The van der Waals surface area contributed by atoms with Crippen LogP contribution in [0.25, 0.3) is 0 Å². The molecule has 0 aliphatic heterocycles. The van der Waals surface area contributed by atoms with Crippen molar-refractivity contribution in [3.8, 4) is 5.75 Å². The maximum atomic E-state index is 13.2. The van der Waals surface area contributed by atoms with E-state index >= 15 is 0 Å². The zero-order valence-electron chi connectivity index (χ0n) is 13.2. The van der Waals surface area contributed by atoms with E-state index in [1.165, 1.54) is 0 Å². The van der Waals surface area contributed by atoms with E-state index in [-0.39, 0.29) is 11.5 Å². The van der Waals surface area contributed by atoms with Crippen molar-refractivity contribution in [3.63, 3.8) is 0 Å². The van der Waals surface area contributed by atoms with Gasteiger partial charge in [-0.15, -0.1) is 0 Å². The minimum absolute atomic E-state index is 0.0236. The lowest BCUT2D eigenvalue weighted by Crippen LogP contribution is -2.43. The molecule has 1 aromatic rings. The van der Waals surface area contributed by atoms with Crippen LogP contribution < -0.4 is 9.84 Å². The van der Waals surface area contributed by atoms with Crippen LogP contribution in [0.2, 0.25) is 0 Å². The summed E-state index contributed by atoms with van der Waals surface area (Å²) in [4.78, 5) is 11.0. The number of ether oxygens (including phenoxy) is 1. The van der Waals surface area contributed by atoms with Gasteiger partial charge in [0.05, 0.1) is 11.5 Å². The molecule has 2 rings (SSSR count). The van der Waals surface area contributed by atoms with Gasteiger partial charge in [-0.25, -0.2) is 0 Å². The van der Waals surface area contributed by atoms with Gasteiger partial charge in [-0.1, -0.05) is 26.3 Å². The summed E-state index contributed by atoms with van der Waals surface area (Å²) in [5.41, 5.74) is -1.96. The molecule has 0 heterocycles. The van der Waals surface area contributed by atoms with Crippen LogP contribution in [-0.4, -0.2) is 11.6 Å². The number of halogens is 3. The van der Waals surface area contributed by atoms with Gasteiger partial charge in [0, 0.05) is 5.56 Å². The Morgan fingerprint density at radius 1 is 1.22 bits per heavy atom. The molecule has 0 unspecified atom stereocenters. The standard InChI is InChI=1S/C17H21F3O3/c1-11(2)16(8-4-3-5-9-16)23-14-10-12(15(21)22)6-7-13(14)17(18,19)20/h6-7,10-11H,3-5,8-9H2,1-2H3,(H,21,22)/p-1. The van der Waals surface area contributed by atoms with Crippen LogP contribution in [0.1, 0.15) is 61.9 Å². The van der Waals surface area contributed by atoms with Crippen LogP contribution in [-0.2, 0) is 6.18 Å². The van der Waals surface area contributed by atoms with Crippen molar-refractivity contribution in [3.05, 3.63) is 29.3 Å². The molecule has 1 fully saturated rings. The van der Waals surface area contributed by atoms with Crippen LogP contribution in [0.5, 0.6) is 5.75 Å². The zero-order valence-corrected chi connectivity index (χ0v) is 13.2. The highest BCUT2D eigenvalue weighted by Gasteiger charge is 2.41. The lowest BCUT2D eigenvalue weighted by atomic mass is 9.77. The topological polar surface area (TPSA) is 49.4 Å². The number of rotatable bonds is 4. The van der Waals surface area contributed by atoms with Crippen LogP contribution in [0, 0.1) is 5.92 Å². The smallest absolute Gasteiger partial charge is 0.419 e. The maximum Gasteiger partial charge on any atom is 0.419 e. The molecule has 0 amide bonds. The first kappa shape index (κ1) is 17.6. The molecule has 0 bridgehead atoms. The normalized spacial score (nSPS) is 18.0. The lowest BCUT2D eigenvalue weighted by Gasteiger charge is -2.41. The Bertz CT molecular complexity index is 573. The first-order valence-corrected chi connectivity index (χ1v) is 7.77. The lowest BCUT2D eigenvalue weighted by molar-refractivity contribution is -0.255. The fourth-order valence-corrected chi connectivity index (χ4v) is 3.13. The van der Waals surface area contributed by atoms with Gasteiger partial charge in [0.25, 0.3) is 0 Å². The molecule has 1 saturated carbocycles. The van der Waals surface area contributed by atoms with Crippen molar-refractivity contribution in [1.29, 1.82) is 0 Å². The summed E-state index contributed by atoms with van der Waals surface area (Å²) in [7, 11) is 0. The Hall–Kier alpha value is -1.72. The quantitative estimate of drug-likeness (QED) is 0.844. The first-order chi connectivity index (χ1) is 10.7. The number of carbonyl (C=O) groups is 1. The zero-order chi connectivity index (χ0) is 17.3. The number of benzene rings is 1. The molecule has 0 radical (unpaired) electrons. The Balaban J connectivity index is 2.46. The van der Waals surface area contributed by atoms with E-state index in [4.69, 9.17) is 4.74 Å². The number of aromatic carboxylic acids is 1. The molecule has 3 nitrogen and oxygen atoms in total. The summed E-state index contributed by atoms with van der Waals surface area (Å²) in [6, 6.07) is 2.57. The van der Waals surface area contributed by atoms with Crippen molar-refractivity contribution in [2.24, 2.45) is 5.92 Å². The van der Waals surface area contributed by atoms with Crippen LogP contribution in [0.3, 0.4) is 0 Å². The van der Waals surface area contributed by atoms with Gasteiger partial charge in [-0.3, -0.25) is 0 Å². The summed E-state index contributed by atoms with van der Waals surface area (Å²) in [5, 5.41) is 11.0. The second-order valence-electron chi connectivity index (χ2n) is 6.38. The molecular weight excluding hydrogens is 309 g/mol. The highest BCUT2D eigenvalue weighted by Crippen LogP contribution is 2.43. The van der Waals surface area contributed by atoms with Gasteiger partial charge >= 0.3 is 6.18 Å². The van der Waals surface area contributed by atoms with Gasteiger partial charge in [-0.2, -0.15) is 13.2 Å². The van der Waals surface area contributed by atoms with Crippen molar-refractivity contribution in [2.45, 2.75) is 57.7 Å². The SMILES string of the molecule is CC(C)C1(Oc2cc(C(=O)[O-])ccc2C(F)(F)F)CCCCC1. The number of hydrogen-bond acceptors (Lipinski definition) is 3. The minimum Gasteiger partial charge on any atom is -0.545 e. The highest BCUT2D eigenvalue weighted by molar-refractivity contribution is 5.86. The first-order valence-electron chi connectivity index (χ1n) is 7.77. The molecule has 6 heteroatoms. The fourth-order valence-electron chi connectivity index (χ4n) is 3.13. The van der Waals surface area contributed by atoms with E-state index in [1.807, 2.05) is 13.8 Å². The van der Waals surface area contributed by atoms with E-state index in [2.05, 4.69) is 0 Å². The van der Waals surface area contributed by atoms with Crippen molar-refractivity contribution in [2.75, 3.05) is 0 Å². The molecule has 0 saturated heterocycles. The summed E-state index contributed by atoms with van der Waals surface area (Å²) in [6.07, 6.45) is -0.468. The van der Waals surface area contributed by atoms with E-state index in [9.17, 15) is 23.1 Å². The predicted octanol–water partition coefficient (Wildman–Crippen LogP) is 3.81. The second kappa shape index (κ2) is 6.42. The Morgan fingerprint density at radius 3 is 2.30 bits per heavy atom. The molecule has 0 atom stereocenters. The number of carbonyl (C=O) groups excluding carboxylic acids is 1. The van der Waals surface area contributed by atoms with E-state index < -0.39 is 29.1 Å². The van der Waals surface area contributed by atoms with Gasteiger partial charge in [0.2, 0.25) is 0 Å². The Morgan fingerprint density at radius 2 is 1.83 bits per heavy atom. The number of carboxylic acid groups (broad SMARTS) is 1. The monoisotopic (exact) mass is 329 g/mol.